The molecule has 1 aromatic rings. The molecule has 0 bridgehead atoms. The molecule has 0 aromatic carbocycles. The van der Waals surface area contributed by atoms with Gasteiger partial charge in [0, 0.05) is 30.0 Å². The molecule has 2 heterocycles. The zero-order valence-electron chi connectivity index (χ0n) is 12.2. The summed E-state index contributed by atoms with van der Waals surface area (Å²) < 4.78 is 0. The summed E-state index contributed by atoms with van der Waals surface area (Å²) in [6, 6.07) is 1.87. The molecule has 5 heteroatoms. The molecule has 0 radical (unpaired) electrons. The normalized spacial score (nSPS) is 19.2. The standard InChI is InChI=1S/C14H22N4O/c1-10-9-11(2)16-12(15-10)13(19)17-14(3)5-7-18(4)8-6-14/h9H,5-8H2,1-4H3,(H,17,19). The number of amides is 1. The van der Waals surface area contributed by atoms with Crippen molar-refractivity contribution < 1.29 is 4.79 Å². The van der Waals surface area contributed by atoms with Gasteiger partial charge in [-0.1, -0.05) is 0 Å². The van der Waals surface area contributed by atoms with Crippen molar-refractivity contribution in [3.8, 4) is 0 Å². The molecular formula is C14H22N4O. The number of carbonyl (C=O) groups excluding carboxylic acids is 1. The zero-order valence-corrected chi connectivity index (χ0v) is 12.2. The molecule has 1 aromatic heterocycles. The van der Waals surface area contributed by atoms with Gasteiger partial charge < -0.3 is 10.2 Å². The molecule has 1 amide bonds. The summed E-state index contributed by atoms with van der Waals surface area (Å²) in [6.45, 7) is 7.86. The van der Waals surface area contributed by atoms with E-state index in [1.54, 1.807) is 0 Å². The van der Waals surface area contributed by atoms with Crippen molar-refractivity contribution in [1.29, 1.82) is 0 Å². The van der Waals surface area contributed by atoms with Crippen LogP contribution in [0.2, 0.25) is 0 Å². The van der Waals surface area contributed by atoms with E-state index in [0.717, 1.165) is 37.3 Å². The van der Waals surface area contributed by atoms with Crippen LogP contribution in [0.1, 0.15) is 41.8 Å². The van der Waals surface area contributed by atoms with Crippen molar-refractivity contribution in [3.05, 3.63) is 23.3 Å². The number of carbonyl (C=O) groups is 1. The van der Waals surface area contributed by atoms with E-state index in [9.17, 15) is 4.79 Å². The number of hydrogen-bond donors (Lipinski definition) is 1. The van der Waals surface area contributed by atoms with Crippen molar-refractivity contribution in [2.45, 2.75) is 39.2 Å². The van der Waals surface area contributed by atoms with Crippen LogP contribution in [0.3, 0.4) is 0 Å². The van der Waals surface area contributed by atoms with E-state index < -0.39 is 0 Å². The molecule has 1 N–H and O–H groups in total. The average molecular weight is 262 g/mol. The van der Waals surface area contributed by atoms with Crippen LogP contribution in [-0.4, -0.2) is 46.5 Å². The Morgan fingerprint density at radius 2 is 1.79 bits per heavy atom. The Balaban J connectivity index is 2.08. The Kier molecular flexibility index (Phi) is 3.85. The van der Waals surface area contributed by atoms with E-state index in [1.165, 1.54) is 0 Å². The first-order valence-electron chi connectivity index (χ1n) is 6.71. The van der Waals surface area contributed by atoms with Crippen LogP contribution in [0.25, 0.3) is 0 Å². The van der Waals surface area contributed by atoms with Crippen LogP contribution < -0.4 is 5.32 Å². The lowest BCUT2D eigenvalue weighted by molar-refractivity contribution is 0.0840. The van der Waals surface area contributed by atoms with E-state index in [0.29, 0.717) is 0 Å². The van der Waals surface area contributed by atoms with Crippen LogP contribution in [0.4, 0.5) is 0 Å². The smallest absolute Gasteiger partial charge is 0.289 e. The van der Waals surface area contributed by atoms with E-state index in [2.05, 4.69) is 34.2 Å². The number of nitrogens with zero attached hydrogens (tertiary/aromatic N) is 3. The number of piperidine rings is 1. The van der Waals surface area contributed by atoms with E-state index in [1.807, 2.05) is 19.9 Å². The Bertz CT molecular complexity index is 458. The third kappa shape index (κ3) is 3.50. The minimum Gasteiger partial charge on any atom is -0.344 e. The summed E-state index contributed by atoms with van der Waals surface area (Å²) in [5.41, 5.74) is 1.50. The Labute approximate surface area is 114 Å². The van der Waals surface area contributed by atoms with Gasteiger partial charge in [-0.05, 0) is 46.7 Å². The lowest BCUT2D eigenvalue weighted by Crippen LogP contribution is -2.52. The van der Waals surface area contributed by atoms with E-state index in [-0.39, 0.29) is 17.3 Å². The molecular weight excluding hydrogens is 240 g/mol. The second-order valence-corrected chi connectivity index (χ2v) is 5.79. The summed E-state index contributed by atoms with van der Waals surface area (Å²) in [5.74, 6) is 0.108. The molecule has 0 unspecified atom stereocenters. The predicted molar refractivity (Wildman–Crippen MR) is 74.1 cm³/mol. The first-order valence-corrected chi connectivity index (χ1v) is 6.71. The number of rotatable bonds is 2. The van der Waals surface area contributed by atoms with Gasteiger partial charge in [-0.3, -0.25) is 4.79 Å². The van der Waals surface area contributed by atoms with Crippen molar-refractivity contribution in [3.63, 3.8) is 0 Å². The fraction of sp³-hybridized carbons (Fsp3) is 0.643. The van der Waals surface area contributed by atoms with Crippen LogP contribution in [0.5, 0.6) is 0 Å². The SMILES string of the molecule is Cc1cc(C)nc(C(=O)NC2(C)CCN(C)CC2)n1. The third-order valence-corrected chi connectivity index (χ3v) is 3.69. The van der Waals surface area contributed by atoms with E-state index in [4.69, 9.17) is 0 Å². The molecule has 0 aliphatic carbocycles. The molecule has 0 saturated carbocycles. The second-order valence-electron chi connectivity index (χ2n) is 5.79. The van der Waals surface area contributed by atoms with Crippen LogP contribution in [-0.2, 0) is 0 Å². The van der Waals surface area contributed by atoms with Crippen LogP contribution >= 0.6 is 0 Å². The van der Waals surface area contributed by atoms with Gasteiger partial charge in [0.1, 0.15) is 0 Å². The minimum atomic E-state index is -0.168. The molecule has 0 spiro atoms. The van der Waals surface area contributed by atoms with Crippen molar-refractivity contribution in [1.82, 2.24) is 20.2 Å². The first-order chi connectivity index (χ1) is 8.88. The van der Waals surface area contributed by atoms with Crippen molar-refractivity contribution in [2.75, 3.05) is 20.1 Å². The summed E-state index contributed by atoms with van der Waals surface area (Å²) in [6.07, 6.45) is 1.92. The molecule has 1 fully saturated rings. The highest BCUT2D eigenvalue weighted by Gasteiger charge is 2.31. The van der Waals surface area contributed by atoms with Crippen LogP contribution in [0.15, 0.2) is 6.07 Å². The number of hydrogen-bond acceptors (Lipinski definition) is 4. The fourth-order valence-corrected chi connectivity index (χ4v) is 2.39. The summed E-state index contributed by atoms with van der Waals surface area (Å²) in [7, 11) is 2.11. The summed E-state index contributed by atoms with van der Waals surface area (Å²) >= 11 is 0. The lowest BCUT2D eigenvalue weighted by atomic mass is 9.90. The van der Waals surface area contributed by atoms with Gasteiger partial charge in [0.15, 0.2) is 0 Å². The van der Waals surface area contributed by atoms with Gasteiger partial charge >= 0.3 is 0 Å². The maximum atomic E-state index is 12.3. The average Bonchev–Trinajstić information content (AvgIpc) is 2.32. The maximum Gasteiger partial charge on any atom is 0.289 e. The fourth-order valence-electron chi connectivity index (χ4n) is 2.39. The van der Waals surface area contributed by atoms with Gasteiger partial charge in [-0.15, -0.1) is 0 Å². The molecule has 2 rings (SSSR count). The van der Waals surface area contributed by atoms with Gasteiger partial charge in [0.25, 0.3) is 5.91 Å². The zero-order chi connectivity index (χ0) is 14.0. The second kappa shape index (κ2) is 5.25. The van der Waals surface area contributed by atoms with Gasteiger partial charge in [0.05, 0.1) is 0 Å². The molecule has 1 aliphatic heterocycles. The monoisotopic (exact) mass is 262 g/mol. The number of nitrogens with one attached hydrogen (secondary N) is 1. The Morgan fingerprint density at radius 1 is 1.26 bits per heavy atom. The molecule has 0 atom stereocenters. The van der Waals surface area contributed by atoms with E-state index >= 15 is 0 Å². The molecule has 1 saturated heterocycles. The largest absolute Gasteiger partial charge is 0.344 e. The van der Waals surface area contributed by atoms with Gasteiger partial charge in [0.2, 0.25) is 5.82 Å². The number of likely N-dealkylation sites (tertiary alicyclic amines) is 1. The third-order valence-electron chi connectivity index (χ3n) is 3.69. The molecule has 104 valence electrons. The topological polar surface area (TPSA) is 58.1 Å². The lowest BCUT2D eigenvalue weighted by Gasteiger charge is -2.38. The maximum absolute atomic E-state index is 12.3. The highest BCUT2D eigenvalue weighted by Crippen LogP contribution is 2.21. The van der Waals surface area contributed by atoms with Gasteiger partial charge in [-0.25, -0.2) is 9.97 Å². The van der Waals surface area contributed by atoms with Crippen molar-refractivity contribution >= 4 is 5.91 Å². The van der Waals surface area contributed by atoms with Gasteiger partial charge in [-0.2, -0.15) is 0 Å². The molecule has 19 heavy (non-hydrogen) atoms. The Morgan fingerprint density at radius 3 is 2.32 bits per heavy atom. The summed E-state index contributed by atoms with van der Waals surface area (Å²) in [4.78, 5) is 23.0. The molecule has 1 aliphatic rings. The van der Waals surface area contributed by atoms with Crippen molar-refractivity contribution in [2.24, 2.45) is 0 Å². The number of aryl methyl sites for hydroxylation is 2. The summed E-state index contributed by atoms with van der Waals surface area (Å²) in [5, 5.41) is 3.10. The van der Waals surface area contributed by atoms with Crippen LogP contribution in [0, 0.1) is 13.8 Å². The highest BCUT2D eigenvalue weighted by molar-refractivity contribution is 5.91. The number of aromatic nitrogens is 2. The predicted octanol–water partition coefficient (Wildman–Crippen LogP) is 1.31. The highest BCUT2D eigenvalue weighted by atomic mass is 16.2. The quantitative estimate of drug-likeness (QED) is 0.873. The molecule has 5 nitrogen and oxygen atoms in total. The Hall–Kier alpha value is -1.49. The first kappa shape index (κ1) is 13.9. The minimum absolute atomic E-state index is 0.148.